The van der Waals surface area contributed by atoms with E-state index in [4.69, 9.17) is 0 Å². The summed E-state index contributed by atoms with van der Waals surface area (Å²) in [4.78, 5) is 0. The summed E-state index contributed by atoms with van der Waals surface area (Å²) in [6, 6.07) is 0. The Kier molecular flexibility index (Phi) is 28.6. The molecule has 0 aliphatic rings. The van der Waals surface area contributed by atoms with Gasteiger partial charge in [0.05, 0.1) is 13.1 Å². The highest BCUT2D eigenvalue weighted by atomic mass is 15.2. The van der Waals surface area contributed by atoms with Gasteiger partial charge in [-0.15, -0.1) is 0 Å². The molecule has 0 amide bonds. The van der Waals surface area contributed by atoms with E-state index in [1.54, 1.807) is 0 Å². The molecule has 0 bridgehead atoms. The van der Waals surface area contributed by atoms with Crippen molar-refractivity contribution in [2.45, 2.75) is 259 Å². The third kappa shape index (κ3) is 21.1. The van der Waals surface area contributed by atoms with Gasteiger partial charge in [-0.25, -0.2) is 18.3 Å². The van der Waals surface area contributed by atoms with E-state index < -0.39 is 0 Å². The van der Waals surface area contributed by atoms with Gasteiger partial charge in [-0.1, -0.05) is 194 Å². The molecule has 0 radical (unpaired) electrons. The van der Waals surface area contributed by atoms with Crippen LogP contribution in [-0.4, -0.2) is 9.13 Å². The van der Waals surface area contributed by atoms with Gasteiger partial charge in [-0.05, 0) is 26.7 Å². The lowest BCUT2D eigenvalue weighted by Gasteiger charge is -2.07. The standard InChI is InChI=1S/C46H88N4/c1-5-9-11-13-15-17-19-21-23-25-27-29-31-33-35-37-45-47(7-3)39-41-49(45)43-44-50-42-40-48(8-4)46(50)38-36-34-32-30-28-26-24-22-20-18-16-14-12-10-6-2/h39-42H,5-38,43-44H2,1-4H3/q+2. The van der Waals surface area contributed by atoms with Crippen molar-refractivity contribution in [2.75, 3.05) is 0 Å². The summed E-state index contributed by atoms with van der Waals surface area (Å²) in [5.74, 6) is 3.06. The molecule has 50 heavy (non-hydrogen) atoms. The third-order valence-electron chi connectivity index (χ3n) is 11.5. The van der Waals surface area contributed by atoms with Crippen LogP contribution in [0.4, 0.5) is 0 Å². The lowest BCUT2D eigenvalue weighted by molar-refractivity contribution is -0.784. The van der Waals surface area contributed by atoms with Crippen molar-refractivity contribution in [1.82, 2.24) is 9.13 Å². The Labute approximate surface area is 313 Å². The molecule has 0 spiro atoms. The van der Waals surface area contributed by atoms with Crippen LogP contribution < -0.4 is 9.13 Å². The highest BCUT2D eigenvalue weighted by Gasteiger charge is 2.20. The number of rotatable bonds is 37. The minimum absolute atomic E-state index is 1.07. The zero-order chi connectivity index (χ0) is 35.7. The van der Waals surface area contributed by atoms with E-state index in [1.165, 1.54) is 217 Å². The molecule has 0 atom stereocenters. The van der Waals surface area contributed by atoms with E-state index in [0.717, 1.165) is 26.2 Å². The highest BCUT2D eigenvalue weighted by Crippen LogP contribution is 2.16. The van der Waals surface area contributed by atoms with Crippen LogP contribution in [0.5, 0.6) is 0 Å². The van der Waals surface area contributed by atoms with Crippen molar-refractivity contribution in [2.24, 2.45) is 0 Å². The van der Waals surface area contributed by atoms with Crippen LogP contribution in [0.2, 0.25) is 0 Å². The Morgan fingerprint density at radius 2 is 0.580 bits per heavy atom. The Morgan fingerprint density at radius 3 is 0.820 bits per heavy atom. The summed E-state index contributed by atoms with van der Waals surface area (Å²) in [5, 5.41) is 0. The molecule has 2 rings (SSSR count). The molecule has 0 saturated carbocycles. The number of aromatic nitrogens is 4. The second-order valence-electron chi connectivity index (χ2n) is 15.8. The van der Waals surface area contributed by atoms with E-state index in [0.29, 0.717) is 0 Å². The van der Waals surface area contributed by atoms with Gasteiger partial charge < -0.3 is 0 Å². The van der Waals surface area contributed by atoms with Crippen molar-refractivity contribution in [3.05, 3.63) is 36.4 Å². The van der Waals surface area contributed by atoms with Gasteiger partial charge in [0.1, 0.15) is 37.9 Å². The van der Waals surface area contributed by atoms with Crippen LogP contribution in [-0.2, 0) is 39.0 Å². The zero-order valence-corrected chi connectivity index (χ0v) is 34.6. The number of nitrogens with zero attached hydrogens (tertiary/aromatic N) is 4. The van der Waals surface area contributed by atoms with Crippen LogP contribution in [0.25, 0.3) is 0 Å². The van der Waals surface area contributed by atoms with Gasteiger partial charge in [0, 0.05) is 12.8 Å². The Morgan fingerprint density at radius 1 is 0.340 bits per heavy atom. The first kappa shape index (κ1) is 44.6. The van der Waals surface area contributed by atoms with Crippen LogP contribution in [0.15, 0.2) is 24.8 Å². The predicted molar refractivity (Wildman–Crippen MR) is 218 cm³/mol. The SMILES string of the molecule is CCCCCCCCCCCCCCCCCc1n(CC)cc[n+]1CC[n+]1ccn(CC)c1CCCCCCCCCCCCCCCCC. The second-order valence-corrected chi connectivity index (χ2v) is 15.8. The average molecular weight is 697 g/mol. The quantitative estimate of drug-likeness (QED) is 0.0494. The van der Waals surface area contributed by atoms with Gasteiger partial charge in [0.2, 0.25) is 0 Å². The highest BCUT2D eigenvalue weighted by molar-refractivity contribution is 4.85. The summed E-state index contributed by atoms with van der Waals surface area (Å²) in [6.45, 7) is 13.5. The maximum absolute atomic E-state index is 2.56. The summed E-state index contributed by atoms with van der Waals surface area (Å²) in [6.07, 6.45) is 54.7. The normalized spacial score (nSPS) is 11.7. The first-order valence-corrected chi connectivity index (χ1v) is 22.9. The van der Waals surface area contributed by atoms with Gasteiger partial charge >= 0.3 is 0 Å². The van der Waals surface area contributed by atoms with Crippen LogP contribution >= 0.6 is 0 Å². The maximum atomic E-state index is 2.56. The minimum Gasteiger partial charge on any atom is -0.235 e. The molecule has 0 N–H and O–H groups in total. The molecule has 0 aliphatic heterocycles. The molecular formula is C46H88N4+2. The zero-order valence-electron chi connectivity index (χ0n) is 34.6. The number of hydrogen-bond donors (Lipinski definition) is 0. The van der Waals surface area contributed by atoms with E-state index in [-0.39, 0.29) is 0 Å². The lowest BCUT2D eigenvalue weighted by Crippen LogP contribution is -2.47. The smallest absolute Gasteiger partial charge is 0.235 e. The number of unbranched alkanes of at least 4 members (excludes halogenated alkanes) is 28. The molecule has 0 fully saturated rings. The minimum atomic E-state index is 1.07. The Bertz CT molecular complexity index is 924. The maximum Gasteiger partial charge on any atom is 0.256 e. The van der Waals surface area contributed by atoms with Crippen molar-refractivity contribution in [3.63, 3.8) is 0 Å². The largest absolute Gasteiger partial charge is 0.256 e. The molecule has 4 heteroatoms. The predicted octanol–water partition coefficient (Wildman–Crippen LogP) is 13.4. The second kappa shape index (κ2) is 32.1. The molecule has 290 valence electrons. The fourth-order valence-corrected chi connectivity index (χ4v) is 8.08. The molecule has 0 aliphatic carbocycles. The van der Waals surface area contributed by atoms with E-state index in [9.17, 15) is 0 Å². The number of hydrogen-bond acceptors (Lipinski definition) is 0. The first-order chi connectivity index (χ1) is 24.7. The summed E-state index contributed by atoms with van der Waals surface area (Å²) < 4.78 is 10.1. The first-order valence-electron chi connectivity index (χ1n) is 22.9. The van der Waals surface area contributed by atoms with Crippen molar-refractivity contribution in [1.29, 1.82) is 0 Å². The van der Waals surface area contributed by atoms with E-state index >= 15 is 0 Å². The molecule has 0 unspecified atom stereocenters. The topological polar surface area (TPSA) is 17.6 Å². The van der Waals surface area contributed by atoms with Crippen molar-refractivity contribution < 1.29 is 9.13 Å². The molecule has 4 nitrogen and oxygen atoms in total. The van der Waals surface area contributed by atoms with E-state index in [2.05, 4.69) is 70.8 Å². The van der Waals surface area contributed by atoms with Gasteiger partial charge in [-0.2, -0.15) is 0 Å². The third-order valence-corrected chi connectivity index (χ3v) is 11.5. The lowest BCUT2D eigenvalue weighted by atomic mass is 10.0. The fourth-order valence-electron chi connectivity index (χ4n) is 8.08. The summed E-state index contributed by atoms with van der Waals surface area (Å²) >= 11 is 0. The molecular weight excluding hydrogens is 609 g/mol. The fraction of sp³-hybridized carbons (Fsp3) is 0.870. The van der Waals surface area contributed by atoms with Gasteiger partial charge in [0.25, 0.3) is 11.6 Å². The molecule has 2 aromatic heterocycles. The van der Waals surface area contributed by atoms with Crippen molar-refractivity contribution in [3.8, 4) is 0 Å². The van der Waals surface area contributed by atoms with Gasteiger partial charge in [-0.3, -0.25) is 0 Å². The van der Waals surface area contributed by atoms with Crippen molar-refractivity contribution >= 4 is 0 Å². The monoisotopic (exact) mass is 697 g/mol. The Balaban J connectivity index is 1.58. The molecule has 2 aromatic rings. The number of imidazole rings is 2. The van der Waals surface area contributed by atoms with E-state index in [1.807, 2.05) is 0 Å². The van der Waals surface area contributed by atoms with Crippen LogP contribution in [0.1, 0.15) is 232 Å². The van der Waals surface area contributed by atoms with Crippen LogP contribution in [0, 0.1) is 0 Å². The Hall–Kier alpha value is -1.58. The van der Waals surface area contributed by atoms with Gasteiger partial charge in [0.15, 0.2) is 0 Å². The number of aryl methyl sites for hydroxylation is 4. The average Bonchev–Trinajstić information content (AvgIpc) is 3.73. The molecule has 0 saturated heterocycles. The summed E-state index contributed by atoms with van der Waals surface area (Å²) in [7, 11) is 0. The molecule has 0 aromatic carbocycles. The van der Waals surface area contributed by atoms with Crippen LogP contribution in [0.3, 0.4) is 0 Å². The summed E-state index contributed by atoms with van der Waals surface area (Å²) in [5.41, 5.74) is 0. The molecule has 2 heterocycles.